The Labute approximate surface area is 152 Å². The number of furan rings is 1. The number of ether oxygens (including phenoxy) is 1. The Balaban J connectivity index is 1.65. The summed E-state index contributed by atoms with van der Waals surface area (Å²) in [4.78, 5) is 16.7. The number of carbonyl (C=O) groups excluding carboxylic acids is 1. The number of aryl methyl sites for hydroxylation is 1. The molecule has 0 N–H and O–H groups in total. The lowest BCUT2D eigenvalue weighted by atomic mass is 10.1. The molecule has 0 amide bonds. The standard InChI is InChI=1S/C19H23N3O4/c1-12(2)8-17-20-18(26-21-17)11-25-19(23)16-9-13(3)22(14(16)4)10-15-6-5-7-24-15/h5-7,9,12H,8,10-11H2,1-4H3. The molecule has 3 heterocycles. The minimum atomic E-state index is -0.410. The van der Waals surface area contributed by atoms with Gasteiger partial charge < -0.3 is 18.2 Å². The predicted molar refractivity (Wildman–Crippen MR) is 93.7 cm³/mol. The highest BCUT2D eigenvalue weighted by atomic mass is 16.6. The molecule has 0 spiro atoms. The van der Waals surface area contributed by atoms with Gasteiger partial charge in [0, 0.05) is 17.8 Å². The van der Waals surface area contributed by atoms with Gasteiger partial charge in [-0.15, -0.1) is 0 Å². The summed E-state index contributed by atoms with van der Waals surface area (Å²) in [7, 11) is 0. The van der Waals surface area contributed by atoms with Gasteiger partial charge in [0.05, 0.1) is 18.4 Å². The zero-order valence-corrected chi connectivity index (χ0v) is 15.5. The summed E-state index contributed by atoms with van der Waals surface area (Å²) in [6, 6.07) is 5.57. The smallest absolute Gasteiger partial charge is 0.340 e. The maximum absolute atomic E-state index is 12.4. The normalized spacial score (nSPS) is 11.3. The second-order valence-corrected chi connectivity index (χ2v) is 6.73. The van der Waals surface area contributed by atoms with Crippen LogP contribution in [0.3, 0.4) is 0 Å². The Morgan fingerprint density at radius 1 is 1.35 bits per heavy atom. The summed E-state index contributed by atoms with van der Waals surface area (Å²) in [6.07, 6.45) is 2.36. The van der Waals surface area contributed by atoms with Crippen molar-refractivity contribution < 1.29 is 18.5 Å². The molecule has 0 fully saturated rings. The fraction of sp³-hybridized carbons (Fsp3) is 0.421. The van der Waals surface area contributed by atoms with Crippen LogP contribution in [0.5, 0.6) is 0 Å². The molecule has 0 aliphatic heterocycles. The first-order valence-electron chi connectivity index (χ1n) is 8.61. The lowest BCUT2D eigenvalue weighted by molar-refractivity contribution is 0.0429. The van der Waals surface area contributed by atoms with Gasteiger partial charge in [-0.25, -0.2) is 4.79 Å². The Bertz CT molecular complexity index is 875. The lowest BCUT2D eigenvalue weighted by Gasteiger charge is -2.07. The van der Waals surface area contributed by atoms with Gasteiger partial charge in [0.2, 0.25) is 0 Å². The van der Waals surface area contributed by atoms with Gasteiger partial charge in [-0.1, -0.05) is 19.0 Å². The van der Waals surface area contributed by atoms with E-state index in [9.17, 15) is 4.79 Å². The van der Waals surface area contributed by atoms with Crippen LogP contribution in [-0.4, -0.2) is 20.7 Å². The largest absolute Gasteiger partial charge is 0.467 e. The predicted octanol–water partition coefficient (Wildman–Crippen LogP) is 3.68. The van der Waals surface area contributed by atoms with Crippen LogP contribution in [0, 0.1) is 19.8 Å². The van der Waals surface area contributed by atoms with Crippen molar-refractivity contribution >= 4 is 5.97 Å². The zero-order chi connectivity index (χ0) is 18.7. The molecule has 0 aromatic carbocycles. The first-order chi connectivity index (χ1) is 12.4. The van der Waals surface area contributed by atoms with Crippen molar-refractivity contribution in [1.29, 1.82) is 0 Å². The van der Waals surface area contributed by atoms with Gasteiger partial charge in [-0.2, -0.15) is 4.98 Å². The molecule has 138 valence electrons. The van der Waals surface area contributed by atoms with Gasteiger partial charge >= 0.3 is 5.97 Å². The number of nitrogens with zero attached hydrogens (tertiary/aromatic N) is 3. The molecular weight excluding hydrogens is 334 g/mol. The maximum atomic E-state index is 12.4. The van der Waals surface area contributed by atoms with E-state index in [0.29, 0.717) is 29.7 Å². The highest BCUT2D eigenvalue weighted by Crippen LogP contribution is 2.19. The monoisotopic (exact) mass is 357 g/mol. The van der Waals surface area contributed by atoms with Crippen LogP contribution in [0.15, 0.2) is 33.4 Å². The van der Waals surface area contributed by atoms with Crippen molar-refractivity contribution in [2.24, 2.45) is 5.92 Å². The molecule has 0 bridgehead atoms. The average Bonchev–Trinajstić information content (AvgIpc) is 3.30. The highest BCUT2D eigenvalue weighted by Gasteiger charge is 2.19. The van der Waals surface area contributed by atoms with E-state index >= 15 is 0 Å². The van der Waals surface area contributed by atoms with Gasteiger partial charge in [-0.05, 0) is 38.0 Å². The molecule has 0 radical (unpaired) electrons. The van der Waals surface area contributed by atoms with Crippen LogP contribution >= 0.6 is 0 Å². The Kier molecular flexibility index (Phi) is 5.25. The summed E-state index contributed by atoms with van der Waals surface area (Å²) < 4.78 is 17.9. The quantitative estimate of drug-likeness (QED) is 0.600. The maximum Gasteiger partial charge on any atom is 0.340 e. The Morgan fingerprint density at radius 3 is 2.85 bits per heavy atom. The first kappa shape index (κ1) is 18.0. The van der Waals surface area contributed by atoms with Gasteiger partial charge in [0.1, 0.15) is 5.76 Å². The highest BCUT2D eigenvalue weighted by molar-refractivity contribution is 5.91. The molecule has 0 aliphatic carbocycles. The number of hydrogen-bond donors (Lipinski definition) is 0. The molecule has 0 atom stereocenters. The molecular formula is C19H23N3O4. The van der Waals surface area contributed by atoms with Crippen molar-refractivity contribution in [3.05, 3.63) is 58.9 Å². The van der Waals surface area contributed by atoms with Crippen molar-refractivity contribution in [1.82, 2.24) is 14.7 Å². The topological polar surface area (TPSA) is 83.3 Å². The van der Waals surface area contributed by atoms with E-state index in [1.54, 1.807) is 6.26 Å². The van der Waals surface area contributed by atoms with E-state index in [1.807, 2.05) is 36.6 Å². The number of hydrogen-bond acceptors (Lipinski definition) is 6. The number of aromatic nitrogens is 3. The molecule has 0 saturated carbocycles. The fourth-order valence-corrected chi connectivity index (χ4v) is 2.81. The molecule has 0 unspecified atom stereocenters. The van der Waals surface area contributed by atoms with E-state index in [-0.39, 0.29) is 6.61 Å². The Hall–Kier alpha value is -2.83. The minimum Gasteiger partial charge on any atom is -0.467 e. The van der Waals surface area contributed by atoms with Gasteiger partial charge in [0.25, 0.3) is 5.89 Å². The summed E-state index contributed by atoms with van der Waals surface area (Å²) in [5.41, 5.74) is 2.31. The lowest BCUT2D eigenvalue weighted by Crippen LogP contribution is -2.08. The van der Waals surface area contributed by atoms with E-state index in [4.69, 9.17) is 13.7 Å². The zero-order valence-electron chi connectivity index (χ0n) is 15.5. The molecule has 7 nitrogen and oxygen atoms in total. The third kappa shape index (κ3) is 4.04. The first-order valence-corrected chi connectivity index (χ1v) is 8.61. The molecule has 7 heteroatoms. The molecule has 0 aliphatic rings. The molecule has 26 heavy (non-hydrogen) atoms. The molecule has 3 rings (SSSR count). The van der Waals surface area contributed by atoms with Crippen LogP contribution < -0.4 is 0 Å². The van der Waals surface area contributed by atoms with Crippen LogP contribution in [0.2, 0.25) is 0 Å². The minimum absolute atomic E-state index is 0.0359. The molecule has 0 saturated heterocycles. The van der Waals surface area contributed by atoms with Crippen LogP contribution in [-0.2, 0) is 24.3 Å². The summed E-state index contributed by atoms with van der Waals surface area (Å²) >= 11 is 0. The summed E-state index contributed by atoms with van der Waals surface area (Å²) in [5, 5.41) is 3.89. The van der Waals surface area contributed by atoms with Crippen molar-refractivity contribution in [3.8, 4) is 0 Å². The van der Waals surface area contributed by atoms with E-state index in [2.05, 4.69) is 24.0 Å². The SMILES string of the molecule is Cc1cc(C(=O)OCc2nc(CC(C)C)no2)c(C)n1Cc1ccco1. The third-order valence-electron chi connectivity index (χ3n) is 4.12. The summed E-state index contributed by atoms with van der Waals surface area (Å²) in [6.45, 7) is 8.53. The second kappa shape index (κ2) is 7.59. The number of carbonyl (C=O) groups is 1. The average molecular weight is 357 g/mol. The van der Waals surface area contributed by atoms with E-state index < -0.39 is 5.97 Å². The van der Waals surface area contributed by atoms with E-state index in [0.717, 1.165) is 23.6 Å². The van der Waals surface area contributed by atoms with Crippen molar-refractivity contribution in [3.63, 3.8) is 0 Å². The van der Waals surface area contributed by atoms with Crippen LogP contribution in [0.25, 0.3) is 0 Å². The van der Waals surface area contributed by atoms with Gasteiger partial charge in [-0.3, -0.25) is 0 Å². The Morgan fingerprint density at radius 2 is 2.15 bits per heavy atom. The van der Waals surface area contributed by atoms with Gasteiger partial charge in [0.15, 0.2) is 12.4 Å². The number of rotatable bonds is 7. The van der Waals surface area contributed by atoms with Crippen LogP contribution in [0.4, 0.5) is 0 Å². The van der Waals surface area contributed by atoms with Crippen molar-refractivity contribution in [2.75, 3.05) is 0 Å². The number of esters is 1. The third-order valence-corrected chi connectivity index (χ3v) is 4.12. The van der Waals surface area contributed by atoms with E-state index in [1.165, 1.54) is 0 Å². The molecule has 3 aromatic rings. The van der Waals surface area contributed by atoms with Crippen molar-refractivity contribution in [2.45, 2.75) is 47.3 Å². The second-order valence-electron chi connectivity index (χ2n) is 6.73. The summed E-state index contributed by atoms with van der Waals surface area (Å²) in [5.74, 6) is 1.78. The fourth-order valence-electron chi connectivity index (χ4n) is 2.81. The van der Waals surface area contributed by atoms with Crippen LogP contribution in [0.1, 0.15) is 53.1 Å². The molecule has 3 aromatic heterocycles.